The molecular weight excluding hydrogens is 382 g/mol. The van der Waals surface area contributed by atoms with Crippen LogP contribution in [0.5, 0.6) is 0 Å². The molecular formula is C20H20BrNO3. The Bertz CT molecular complexity index is 765. The number of carbonyl (C=O) groups excluding carboxylic acids is 1. The summed E-state index contributed by atoms with van der Waals surface area (Å²) < 4.78 is 0.417. The van der Waals surface area contributed by atoms with Gasteiger partial charge in [-0.1, -0.05) is 44.0 Å². The Labute approximate surface area is 155 Å². The van der Waals surface area contributed by atoms with E-state index in [1.807, 2.05) is 24.3 Å². The number of halogens is 1. The van der Waals surface area contributed by atoms with Gasteiger partial charge in [0.25, 0.3) is 5.69 Å². The smallest absolute Gasteiger partial charge is 0.269 e. The average Bonchev–Trinajstić information content (AvgIpc) is 2.62. The van der Waals surface area contributed by atoms with Gasteiger partial charge >= 0.3 is 0 Å². The summed E-state index contributed by atoms with van der Waals surface area (Å²) in [5, 5.41) is 10.7. The molecule has 0 spiro atoms. The van der Waals surface area contributed by atoms with Gasteiger partial charge in [0.2, 0.25) is 0 Å². The predicted octanol–water partition coefficient (Wildman–Crippen LogP) is 5.95. The van der Waals surface area contributed by atoms with Gasteiger partial charge in [0.1, 0.15) is 0 Å². The van der Waals surface area contributed by atoms with Crippen LogP contribution in [0.3, 0.4) is 0 Å². The van der Waals surface area contributed by atoms with Gasteiger partial charge in [-0.2, -0.15) is 0 Å². The Kier molecular flexibility index (Phi) is 7.07. The normalized spacial score (nSPS) is 11.4. The van der Waals surface area contributed by atoms with Crippen molar-refractivity contribution in [2.24, 2.45) is 0 Å². The third-order valence-electron chi connectivity index (χ3n) is 3.90. The first-order valence-corrected chi connectivity index (χ1v) is 9.06. The second-order valence-electron chi connectivity index (χ2n) is 5.82. The van der Waals surface area contributed by atoms with Gasteiger partial charge in [0, 0.05) is 17.7 Å². The Balaban J connectivity index is 2.06. The lowest BCUT2D eigenvalue weighted by Crippen LogP contribution is -1.99. The van der Waals surface area contributed by atoms with E-state index >= 15 is 0 Å². The highest BCUT2D eigenvalue weighted by Crippen LogP contribution is 2.20. The maximum Gasteiger partial charge on any atom is 0.269 e. The van der Waals surface area contributed by atoms with Crippen molar-refractivity contribution in [1.82, 2.24) is 0 Å². The van der Waals surface area contributed by atoms with E-state index in [-0.39, 0.29) is 11.5 Å². The summed E-state index contributed by atoms with van der Waals surface area (Å²) >= 11 is 3.31. The number of ketones is 1. The molecule has 0 atom stereocenters. The fourth-order valence-electron chi connectivity index (χ4n) is 2.44. The molecule has 2 aromatic rings. The molecule has 2 rings (SSSR count). The van der Waals surface area contributed by atoms with Crippen molar-refractivity contribution in [3.63, 3.8) is 0 Å². The molecule has 0 heterocycles. The molecule has 0 aromatic heterocycles. The molecule has 0 saturated carbocycles. The SMILES string of the molecule is CCCCCc1ccc(C(=O)C(Br)=Cc2ccc([N+](=O)[O-])cc2)cc1. The van der Waals surface area contributed by atoms with E-state index < -0.39 is 4.92 Å². The molecule has 0 fully saturated rings. The van der Waals surface area contributed by atoms with Gasteiger partial charge in [-0.3, -0.25) is 14.9 Å². The van der Waals surface area contributed by atoms with Crippen molar-refractivity contribution in [1.29, 1.82) is 0 Å². The minimum absolute atomic E-state index is 0.0262. The number of nitrogens with zero attached hydrogens (tertiary/aromatic N) is 1. The van der Waals surface area contributed by atoms with E-state index in [0.29, 0.717) is 10.0 Å². The largest absolute Gasteiger partial charge is 0.288 e. The van der Waals surface area contributed by atoms with Crippen LogP contribution in [-0.2, 0) is 6.42 Å². The number of carbonyl (C=O) groups is 1. The van der Waals surface area contributed by atoms with Crippen molar-refractivity contribution in [2.45, 2.75) is 32.6 Å². The monoisotopic (exact) mass is 401 g/mol. The van der Waals surface area contributed by atoms with Crippen molar-refractivity contribution in [3.05, 3.63) is 79.8 Å². The summed E-state index contributed by atoms with van der Waals surface area (Å²) in [4.78, 5) is 22.7. The highest BCUT2D eigenvalue weighted by Gasteiger charge is 2.10. The molecule has 2 aromatic carbocycles. The molecule has 130 valence electrons. The third kappa shape index (κ3) is 5.64. The number of non-ortho nitro benzene ring substituents is 1. The number of unbranched alkanes of at least 4 members (excludes halogenated alkanes) is 2. The van der Waals surface area contributed by atoms with Crippen LogP contribution in [0.2, 0.25) is 0 Å². The minimum atomic E-state index is -0.449. The fourth-order valence-corrected chi connectivity index (χ4v) is 2.94. The van der Waals surface area contributed by atoms with Gasteiger partial charge in [0.05, 0.1) is 9.41 Å². The molecule has 0 unspecified atom stereocenters. The fraction of sp³-hybridized carbons (Fsp3) is 0.250. The van der Waals surface area contributed by atoms with Gasteiger partial charge in [-0.25, -0.2) is 0 Å². The zero-order valence-electron chi connectivity index (χ0n) is 14.1. The molecule has 0 aliphatic carbocycles. The van der Waals surface area contributed by atoms with E-state index in [1.54, 1.807) is 18.2 Å². The molecule has 0 aliphatic heterocycles. The highest BCUT2D eigenvalue weighted by molar-refractivity contribution is 9.12. The number of hydrogen-bond acceptors (Lipinski definition) is 3. The topological polar surface area (TPSA) is 60.2 Å². The van der Waals surface area contributed by atoms with Crippen molar-refractivity contribution in [2.75, 3.05) is 0 Å². The van der Waals surface area contributed by atoms with Crippen molar-refractivity contribution < 1.29 is 9.72 Å². The van der Waals surface area contributed by atoms with E-state index in [9.17, 15) is 14.9 Å². The van der Waals surface area contributed by atoms with E-state index in [2.05, 4.69) is 22.9 Å². The number of allylic oxidation sites excluding steroid dienone is 1. The number of rotatable bonds is 8. The molecule has 0 amide bonds. The van der Waals surface area contributed by atoms with Gasteiger partial charge in [-0.05, 0) is 58.1 Å². The molecule has 0 saturated heterocycles. The predicted molar refractivity (Wildman–Crippen MR) is 104 cm³/mol. The van der Waals surface area contributed by atoms with Gasteiger partial charge in [0.15, 0.2) is 5.78 Å². The highest BCUT2D eigenvalue weighted by atomic mass is 79.9. The Morgan fingerprint density at radius 3 is 2.28 bits per heavy atom. The zero-order valence-corrected chi connectivity index (χ0v) is 15.7. The van der Waals surface area contributed by atoms with E-state index in [1.165, 1.54) is 30.5 Å². The lowest BCUT2D eigenvalue weighted by atomic mass is 10.0. The molecule has 5 heteroatoms. The Hall–Kier alpha value is -2.27. The summed E-state index contributed by atoms with van der Waals surface area (Å²) in [7, 11) is 0. The van der Waals surface area contributed by atoms with Crippen LogP contribution in [-0.4, -0.2) is 10.7 Å². The summed E-state index contributed by atoms with van der Waals surface area (Å²) in [6.45, 7) is 2.18. The summed E-state index contributed by atoms with van der Waals surface area (Å²) in [6, 6.07) is 13.7. The van der Waals surface area contributed by atoms with Crippen LogP contribution in [0.15, 0.2) is 53.0 Å². The summed E-state index contributed by atoms with van der Waals surface area (Å²) in [5.41, 5.74) is 2.60. The number of Topliss-reactive ketones (excluding diaryl/α,β-unsaturated/α-hetero) is 1. The maximum atomic E-state index is 12.5. The van der Waals surface area contributed by atoms with Crippen molar-refractivity contribution in [3.8, 4) is 0 Å². The quantitative estimate of drug-likeness (QED) is 0.180. The molecule has 0 N–H and O–H groups in total. The summed E-state index contributed by atoms with van der Waals surface area (Å²) in [5.74, 6) is -0.113. The minimum Gasteiger partial charge on any atom is -0.288 e. The van der Waals surface area contributed by atoms with Crippen LogP contribution < -0.4 is 0 Å². The maximum absolute atomic E-state index is 12.5. The second kappa shape index (κ2) is 9.28. The number of nitro groups is 1. The standard InChI is InChI=1S/C20H20BrNO3/c1-2-3-4-5-15-6-10-17(11-7-15)20(23)19(21)14-16-8-12-18(13-9-16)22(24)25/h6-14H,2-5H2,1H3. The molecule has 0 bridgehead atoms. The second-order valence-corrected chi connectivity index (χ2v) is 6.68. The van der Waals surface area contributed by atoms with Crippen LogP contribution in [0.25, 0.3) is 6.08 Å². The molecule has 0 radical (unpaired) electrons. The van der Waals surface area contributed by atoms with Crippen LogP contribution >= 0.6 is 15.9 Å². The number of nitro benzene ring substituents is 1. The van der Waals surface area contributed by atoms with Crippen LogP contribution in [0.4, 0.5) is 5.69 Å². The molecule has 0 aliphatic rings. The molecule has 25 heavy (non-hydrogen) atoms. The lowest BCUT2D eigenvalue weighted by molar-refractivity contribution is -0.384. The van der Waals surface area contributed by atoms with Gasteiger partial charge < -0.3 is 0 Å². The number of aryl methyl sites for hydroxylation is 1. The van der Waals surface area contributed by atoms with E-state index in [4.69, 9.17) is 0 Å². The van der Waals surface area contributed by atoms with Crippen LogP contribution in [0.1, 0.15) is 47.7 Å². The zero-order chi connectivity index (χ0) is 18.2. The van der Waals surface area contributed by atoms with Crippen molar-refractivity contribution >= 4 is 33.5 Å². The van der Waals surface area contributed by atoms with Crippen LogP contribution in [0, 0.1) is 10.1 Å². The first kappa shape index (κ1) is 19.1. The first-order chi connectivity index (χ1) is 12.0. The number of hydrogen-bond donors (Lipinski definition) is 0. The number of benzene rings is 2. The Morgan fingerprint density at radius 1 is 1.08 bits per heavy atom. The average molecular weight is 402 g/mol. The first-order valence-electron chi connectivity index (χ1n) is 8.26. The van der Waals surface area contributed by atoms with Gasteiger partial charge in [-0.15, -0.1) is 0 Å². The van der Waals surface area contributed by atoms with E-state index in [0.717, 1.165) is 18.4 Å². The molecule has 4 nitrogen and oxygen atoms in total. The lowest BCUT2D eigenvalue weighted by Gasteiger charge is -2.04. The third-order valence-corrected chi connectivity index (χ3v) is 4.49. The Morgan fingerprint density at radius 2 is 1.72 bits per heavy atom. The summed E-state index contributed by atoms with van der Waals surface area (Å²) in [6.07, 6.45) is 6.26.